The summed E-state index contributed by atoms with van der Waals surface area (Å²) in [6.07, 6.45) is 0.979. The maximum absolute atomic E-state index is 12.0. The molecule has 3 aromatic rings. The second-order valence-corrected chi connectivity index (χ2v) is 6.13. The molecule has 0 saturated carbocycles. The minimum absolute atomic E-state index is 0.0688. The van der Waals surface area contributed by atoms with Crippen molar-refractivity contribution in [3.8, 4) is 11.3 Å². The van der Waals surface area contributed by atoms with Crippen LogP contribution >= 0.6 is 0 Å². The molecule has 128 valence electrons. The van der Waals surface area contributed by atoms with E-state index in [2.05, 4.69) is 53.7 Å². The van der Waals surface area contributed by atoms with Crippen LogP contribution in [0.1, 0.15) is 11.1 Å². The third-order valence-corrected chi connectivity index (χ3v) is 4.15. The van der Waals surface area contributed by atoms with Gasteiger partial charge in [-0.3, -0.25) is 4.79 Å². The SMILES string of the molecule is Cc1ccc(-c2ccc(=O)n(CCNCCc3ccccc3)n2)cc1. The molecule has 0 amide bonds. The largest absolute Gasteiger partial charge is 0.315 e. The number of hydrogen-bond donors (Lipinski definition) is 1. The van der Waals surface area contributed by atoms with Gasteiger partial charge in [0.2, 0.25) is 0 Å². The second-order valence-electron chi connectivity index (χ2n) is 6.13. The molecule has 0 spiro atoms. The fourth-order valence-electron chi connectivity index (χ4n) is 2.67. The van der Waals surface area contributed by atoms with Gasteiger partial charge in [0.1, 0.15) is 0 Å². The average molecular weight is 333 g/mol. The molecule has 0 fully saturated rings. The molecule has 0 aliphatic rings. The van der Waals surface area contributed by atoms with Gasteiger partial charge in [-0.2, -0.15) is 5.10 Å². The molecule has 4 nitrogen and oxygen atoms in total. The fourth-order valence-corrected chi connectivity index (χ4v) is 2.67. The van der Waals surface area contributed by atoms with Crippen molar-refractivity contribution >= 4 is 0 Å². The Labute approximate surface area is 148 Å². The molecule has 0 aliphatic heterocycles. The Morgan fingerprint density at radius 2 is 1.68 bits per heavy atom. The molecule has 0 aliphatic carbocycles. The highest BCUT2D eigenvalue weighted by Gasteiger charge is 2.03. The van der Waals surface area contributed by atoms with Crippen molar-refractivity contribution in [3.05, 3.63) is 88.2 Å². The van der Waals surface area contributed by atoms with Gasteiger partial charge < -0.3 is 5.32 Å². The molecule has 0 saturated heterocycles. The number of rotatable bonds is 7. The summed E-state index contributed by atoms with van der Waals surface area (Å²) in [5.74, 6) is 0. The van der Waals surface area contributed by atoms with Crippen LogP contribution in [-0.4, -0.2) is 22.9 Å². The number of benzene rings is 2. The van der Waals surface area contributed by atoms with Crippen molar-refractivity contribution in [2.75, 3.05) is 13.1 Å². The normalized spacial score (nSPS) is 10.8. The molecule has 1 N–H and O–H groups in total. The summed E-state index contributed by atoms with van der Waals surface area (Å²) in [6, 6.07) is 21.9. The quantitative estimate of drug-likeness (QED) is 0.676. The van der Waals surface area contributed by atoms with E-state index in [1.54, 1.807) is 12.1 Å². The third kappa shape index (κ3) is 4.88. The first-order valence-electron chi connectivity index (χ1n) is 8.62. The van der Waals surface area contributed by atoms with Crippen molar-refractivity contribution in [2.24, 2.45) is 0 Å². The molecular formula is C21H23N3O. The van der Waals surface area contributed by atoms with E-state index >= 15 is 0 Å². The van der Waals surface area contributed by atoms with E-state index in [-0.39, 0.29) is 5.56 Å². The predicted molar refractivity (Wildman–Crippen MR) is 102 cm³/mol. The summed E-state index contributed by atoms with van der Waals surface area (Å²) in [5.41, 5.74) is 4.30. The Balaban J connectivity index is 1.56. The zero-order chi connectivity index (χ0) is 17.5. The maximum Gasteiger partial charge on any atom is 0.266 e. The number of nitrogens with one attached hydrogen (secondary N) is 1. The summed E-state index contributed by atoms with van der Waals surface area (Å²) in [4.78, 5) is 12.0. The molecule has 1 heterocycles. The average Bonchev–Trinajstić information content (AvgIpc) is 2.64. The van der Waals surface area contributed by atoms with E-state index in [0.29, 0.717) is 6.54 Å². The minimum atomic E-state index is -0.0688. The number of aryl methyl sites for hydroxylation is 1. The van der Waals surface area contributed by atoms with Crippen LogP contribution in [0.3, 0.4) is 0 Å². The minimum Gasteiger partial charge on any atom is -0.315 e. The van der Waals surface area contributed by atoms with E-state index in [4.69, 9.17) is 0 Å². The lowest BCUT2D eigenvalue weighted by Crippen LogP contribution is -2.29. The van der Waals surface area contributed by atoms with Gasteiger partial charge in [0.15, 0.2) is 0 Å². The van der Waals surface area contributed by atoms with Gasteiger partial charge in [-0.25, -0.2) is 4.68 Å². The van der Waals surface area contributed by atoms with Gasteiger partial charge in [-0.05, 0) is 31.5 Å². The summed E-state index contributed by atoms with van der Waals surface area (Å²) in [7, 11) is 0. The highest BCUT2D eigenvalue weighted by molar-refractivity contribution is 5.58. The molecule has 25 heavy (non-hydrogen) atoms. The topological polar surface area (TPSA) is 46.9 Å². The van der Waals surface area contributed by atoms with E-state index in [0.717, 1.165) is 30.8 Å². The Kier molecular flexibility index (Phi) is 5.75. The highest BCUT2D eigenvalue weighted by atomic mass is 16.1. The van der Waals surface area contributed by atoms with Gasteiger partial charge in [0.05, 0.1) is 12.2 Å². The molecule has 0 atom stereocenters. The Bertz CT molecular complexity index is 854. The first kappa shape index (κ1) is 17.1. The van der Waals surface area contributed by atoms with Crippen molar-refractivity contribution in [1.82, 2.24) is 15.1 Å². The zero-order valence-electron chi connectivity index (χ0n) is 14.5. The van der Waals surface area contributed by atoms with Gasteiger partial charge in [-0.1, -0.05) is 60.2 Å². The summed E-state index contributed by atoms with van der Waals surface area (Å²) in [6.45, 7) is 4.22. The fraction of sp³-hybridized carbons (Fsp3) is 0.238. The van der Waals surface area contributed by atoms with Crippen LogP contribution in [0.2, 0.25) is 0 Å². The van der Waals surface area contributed by atoms with E-state index in [9.17, 15) is 4.79 Å². The molecule has 3 rings (SSSR count). The summed E-state index contributed by atoms with van der Waals surface area (Å²) >= 11 is 0. The summed E-state index contributed by atoms with van der Waals surface area (Å²) < 4.78 is 1.53. The van der Waals surface area contributed by atoms with Gasteiger partial charge in [0.25, 0.3) is 5.56 Å². The molecule has 0 bridgehead atoms. The van der Waals surface area contributed by atoms with E-state index in [1.807, 2.05) is 18.2 Å². The Morgan fingerprint density at radius 3 is 2.44 bits per heavy atom. The first-order valence-corrected chi connectivity index (χ1v) is 8.62. The second kappa shape index (κ2) is 8.40. The number of hydrogen-bond acceptors (Lipinski definition) is 3. The van der Waals surface area contributed by atoms with Crippen LogP contribution in [0.4, 0.5) is 0 Å². The number of aromatic nitrogens is 2. The van der Waals surface area contributed by atoms with E-state index in [1.165, 1.54) is 15.8 Å². The van der Waals surface area contributed by atoms with Crippen molar-refractivity contribution in [2.45, 2.75) is 19.9 Å². The maximum atomic E-state index is 12.0. The van der Waals surface area contributed by atoms with Gasteiger partial charge >= 0.3 is 0 Å². The van der Waals surface area contributed by atoms with Crippen LogP contribution < -0.4 is 10.9 Å². The van der Waals surface area contributed by atoms with Crippen molar-refractivity contribution in [1.29, 1.82) is 0 Å². The lowest BCUT2D eigenvalue weighted by atomic mass is 10.1. The molecule has 0 unspecified atom stereocenters. The lowest BCUT2D eigenvalue weighted by molar-refractivity contribution is 0.535. The van der Waals surface area contributed by atoms with Gasteiger partial charge in [0, 0.05) is 18.2 Å². The van der Waals surface area contributed by atoms with Crippen molar-refractivity contribution in [3.63, 3.8) is 0 Å². The van der Waals surface area contributed by atoms with E-state index < -0.39 is 0 Å². The van der Waals surface area contributed by atoms with Crippen LogP contribution in [0, 0.1) is 6.92 Å². The van der Waals surface area contributed by atoms with Crippen LogP contribution in [-0.2, 0) is 13.0 Å². The first-order chi connectivity index (χ1) is 12.2. The van der Waals surface area contributed by atoms with Crippen LogP contribution in [0.25, 0.3) is 11.3 Å². The molecule has 1 aromatic heterocycles. The van der Waals surface area contributed by atoms with Crippen LogP contribution in [0.15, 0.2) is 71.5 Å². The summed E-state index contributed by atoms with van der Waals surface area (Å²) in [5, 5.41) is 7.87. The van der Waals surface area contributed by atoms with Crippen molar-refractivity contribution < 1.29 is 0 Å². The molecule has 2 aromatic carbocycles. The Hall–Kier alpha value is -2.72. The smallest absolute Gasteiger partial charge is 0.266 e. The monoisotopic (exact) mass is 333 g/mol. The molecule has 4 heteroatoms. The Morgan fingerprint density at radius 1 is 0.920 bits per heavy atom. The number of nitrogens with zero attached hydrogens (tertiary/aromatic N) is 2. The molecule has 0 radical (unpaired) electrons. The molecular weight excluding hydrogens is 310 g/mol. The highest BCUT2D eigenvalue weighted by Crippen LogP contribution is 2.15. The zero-order valence-corrected chi connectivity index (χ0v) is 14.5. The third-order valence-electron chi connectivity index (χ3n) is 4.15. The lowest BCUT2D eigenvalue weighted by Gasteiger charge is -2.09. The predicted octanol–water partition coefficient (Wildman–Crippen LogP) is 3.05. The van der Waals surface area contributed by atoms with Gasteiger partial charge in [-0.15, -0.1) is 0 Å². The standard InChI is InChI=1S/C21H23N3O/c1-17-7-9-19(10-8-17)20-11-12-21(25)24(23-20)16-15-22-14-13-18-5-3-2-4-6-18/h2-12,22H,13-16H2,1H3. The van der Waals surface area contributed by atoms with Crippen LogP contribution in [0.5, 0.6) is 0 Å².